The second-order valence-corrected chi connectivity index (χ2v) is 6.85. The molecular formula is C20H18ClNO4S. The van der Waals surface area contributed by atoms with Gasteiger partial charge in [-0.3, -0.25) is 0 Å². The molecule has 0 fully saturated rings. The van der Waals surface area contributed by atoms with E-state index in [9.17, 15) is 4.79 Å². The first-order chi connectivity index (χ1) is 13.1. The lowest BCUT2D eigenvalue weighted by atomic mass is 10.1. The Bertz CT molecular complexity index is 993. The Morgan fingerprint density at radius 1 is 1.15 bits per heavy atom. The van der Waals surface area contributed by atoms with E-state index < -0.39 is 5.97 Å². The van der Waals surface area contributed by atoms with Crippen LogP contribution >= 0.6 is 23.4 Å². The van der Waals surface area contributed by atoms with Gasteiger partial charge in [0.25, 0.3) is 0 Å². The van der Waals surface area contributed by atoms with Crippen LogP contribution in [0.5, 0.6) is 11.5 Å². The molecule has 0 saturated heterocycles. The van der Waals surface area contributed by atoms with Crippen molar-refractivity contribution in [2.24, 2.45) is 0 Å². The van der Waals surface area contributed by atoms with E-state index in [1.54, 1.807) is 30.0 Å². The molecule has 0 spiro atoms. The number of benzene rings is 2. The summed E-state index contributed by atoms with van der Waals surface area (Å²) < 4.78 is 15.9. The number of hydrogen-bond acceptors (Lipinski definition) is 6. The topological polar surface area (TPSA) is 57.7 Å². The van der Waals surface area contributed by atoms with Crippen LogP contribution in [0.3, 0.4) is 0 Å². The van der Waals surface area contributed by atoms with E-state index in [-0.39, 0.29) is 12.2 Å². The van der Waals surface area contributed by atoms with Crippen molar-refractivity contribution in [1.29, 1.82) is 0 Å². The molecule has 2 aromatic carbocycles. The number of para-hydroxylation sites is 1. The molecule has 0 unspecified atom stereocenters. The van der Waals surface area contributed by atoms with E-state index in [4.69, 9.17) is 25.8 Å². The summed E-state index contributed by atoms with van der Waals surface area (Å²) in [6.45, 7) is 0.00521. The Balaban J connectivity index is 1.82. The van der Waals surface area contributed by atoms with Crippen molar-refractivity contribution in [3.05, 3.63) is 58.7 Å². The number of carbonyl (C=O) groups excluding carboxylic acids is 1. The fourth-order valence-corrected chi connectivity index (χ4v) is 3.30. The Labute approximate surface area is 166 Å². The number of hydrogen-bond donors (Lipinski definition) is 0. The van der Waals surface area contributed by atoms with Crippen molar-refractivity contribution in [2.75, 3.05) is 20.5 Å². The first kappa shape index (κ1) is 19.3. The lowest BCUT2D eigenvalue weighted by molar-refractivity contribution is 0.0468. The van der Waals surface area contributed by atoms with Crippen molar-refractivity contribution in [3.63, 3.8) is 0 Å². The molecule has 0 aliphatic rings. The number of esters is 1. The van der Waals surface area contributed by atoms with Crippen molar-refractivity contribution in [3.8, 4) is 11.5 Å². The van der Waals surface area contributed by atoms with E-state index in [1.807, 2.05) is 30.5 Å². The van der Waals surface area contributed by atoms with Crippen LogP contribution in [0.1, 0.15) is 15.9 Å². The van der Waals surface area contributed by atoms with Gasteiger partial charge in [0.2, 0.25) is 0 Å². The van der Waals surface area contributed by atoms with Gasteiger partial charge in [0.15, 0.2) is 11.5 Å². The third-order valence-corrected chi connectivity index (χ3v) is 5.09. The first-order valence-corrected chi connectivity index (χ1v) is 9.69. The van der Waals surface area contributed by atoms with Gasteiger partial charge in [-0.25, -0.2) is 9.78 Å². The predicted molar refractivity (Wildman–Crippen MR) is 107 cm³/mol. The molecule has 1 heterocycles. The maximum absolute atomic E-state index is 12.5. The third-order valence-electron chi connectivity index (χ3n) is 4.03. The number of fused-ring (bicyclic) bond motifs is 1. The summed E-state index contributed by atoms with van der Waals surface area (Å²) in [6.07, 6.45) is 2.00. The van der Waals surface area contributed by atoms with Crippen LogP contribution in [0.15, 0.2) is 47.4 Å². The number of methoxy groups -OCH3 is 2. The Morgan fingerprint density at radius 2 is 1.96 bits per heavy atom. The molecule has 0 atom stereocenters. The zero-order valence-electron chi connectivity index (χ0n) is 15.1. The average molecular weight is 404 g/mol. The van der Waals surface area contributed by atoms with Gasteiger partial charge < -0.3 is 14.2 Å². The number of carbonyl (C=O) groups is 1. The van der Waals surface area contributed by atoms with Crippen molar-refractivity contribution >= 4 is 40.2 Å². The number of rotatable bonds is 6. The Hall–Kier alpha value is -2.44. The quantitative estimate of drug-likeness (QED) is 0.328. The number of nitrogens with zero attached hydrogens (tertiary/aromatic N) is 1. The fraction of sp³-hybridized carbons (Fsp3) is 0.200. The van der Waals surface area contributed by atoms with Gasteiger partial charge in [-0.05, 0) is 36.6 Å². The maximum Gasteiger partial charge on any atom is 0.342 e. The third kappa shape index (κ3) is 4.12. The van der Waals surface area contributed by atoms with Crippen molar-refractivity contribution in [2.45, 2.75) is 11.5 Å². The molecule has 0 N–H and O–H groups in total. The molecule has 140 valence electrons. The monoisotopic (exact) mass is 403 g/mol. The molecule has 27 heavy (non-hydrogen) atoms. The standard InChI is InChI=1S/C20H18ClNO4S/c1-24-17-6-4-5-15(18(17)25-2)20(23)26-11-13-9-12-7-8-14(27-3)10-16(12)22-19(13)21/h4-10H,11H2,1-3H3. The molecule has 0 saturated carbocycles. The highest BCUT2D eigenvalue weighted by atomic mass is 35.5. The first-order valence-electron chi connectivity index (χ1n) is 8.08. The van der Waals surface area contributed by atoms with Gasteiger partial charge in [0.1, 0.15) is 17.3 Å². The van der Waals surface area contributed by atoms with Crippen LogP contribution in [0, 0.1) is 0 Å². The number of pyridine rings is 1. The average Bonchev–Trinajstić information content (AvgIpc) is 2.70. The second-order valence-electron chi connectivity index (χ2n) is 5.61. The highest BCUT2D eigenvalue weighted by molar-refractivity contribution is 7.98. The molecule has 3 rings (SSSR count). The van der Waals surface area contributed by atoms with Gasteiger partial charge in [-0.1, -0.05) is 23.7 Å². The number of aromatic nitrogens is 1. The molecule has 0 radical (unpaired) electrons. The van der Waals surface area contributed by atoms with Crippen molar-refractivity contribution in [1.82, 2.24) is 4.98 Å². The van der Waals surface area contributed by atoms with E-state index in [0.717, 1.165) is 15.8 Å². The molecule has 3 aromatic rings. The van der Waals surface area contributed by atoms with Gasteiger partial charge in [0, 0.05) is 15.8 Å². The molecule has 1 aromatic heterocycles. The van der Waals surface area contributed by atoms with Crippen molar-refractivity contribution < 1.29 is 19.0 Å². The van der Waals surface area contributed by atoms with Crippen LogP contribution in [0.25, 0.3) is 10.9 Å². The largest absolute Gasteiger partial charge is 0.493 e. The van der Waals surface area contributed by atoms with Gasteiger partial charge >= 0.3 is 5.97 Å². The summed E-state index contributed by atoms with van der Waals surface area (Å²) in [4.78, 5) is 18.0. The number of ether oxygens (including phenoxy) is 3. The smallest absolute Gasteiger partial charge is 0.342 e. The van der Waals surface area contributed by atoms with Gasteiger partial charge in [0.05, 0.1) is 19.7 Å². The second kappa shape index (κ2) is 8.50. The summed E-state index contributed by atoms with van der Waals surface area (Å²) in [5.41, 5.74) is 1.72. The summed E-state index contributed by atoms with van der Waals surface area (Å²) in [5, 5.41) is 1.24. The predicted octanol–water partition coefficient (Wildman–Crippen LogP) is 4.98. The Morgan fingerprint density at radius 3 is 2.67 bits per heavy atom. The lowest BCUT2D eigenvalue weighted by Gasteiger charge is -2.12. The van der Waals surface area contributed by atoms with E-state index >= 15 is 0 Å². The molecule has 7 heteroatoms. The summed E-state index contributed by atoms with van der Waals surface area (Å²) in [5.74, 6) is 0.263. The van der Waals surface area contributed by atoms with Crippen LogP contribution in [0.2, 0.25) is 5.15 Å². The van der Waals surface area contributed by atoms with Crippen LogP contribution in [-0.4, -0.2) is 31.4 Å². The highest BCUT2D eigenvalue weighted by Gasteiger charge is 2.18. The zero-order chi connectivity index (χ0) is 19.4. The molecule has 0 bridgehead atoms. The van der Waals surface area contributed by atoms with E-state index in [0.29, 0.717) is 22.2 Å². The number of halogens is 1. The highest BCUT2D eigenvalue weighted by Crippen LogP contribution is 2.31. The minimum atomic E-state index is -0.528. The molecule has 0 aliphatic carbocycles. The van der Waals surface area contributed by atoms with Gasteiger partial charge in [-0.2, -0.15) is 0 Å². The minimum Gasteiger partial charge on any atom is -0.493 e. The summed E-state index contributed by atoms with van der Waals surface area (Å²) >= 11 is 7.92. The summed E-state index contributed by atoms with van der Waals surface area (Å²) in [7, 11) is 2.98. The molecular weight excluding hydrogens is 386 g/mol. The van der Waals surface area contributed by atoms with E-state index in [1.165, 1.54) is 14.2 Å². The minimum absolute atomic E-state index is 0.00521. The van der Waals surface area contributed by atoms with E-state index in [2.05, 4.69) is 4.98 Å². The van der Waals surface area contributed by atoms with Crippen LogP contribution < -0.4 is 9.47 Å². The molecule has 0 aliphatic heterocycles. The molecule has 5 nitrogen and oxygen atoms in total. The Kier molecular flexibility index (Phi) is 6.08. The normalized spacial score (nSPS) is 10.7. The maximum atomic E-state index is 12.5. The van der Waals surface area contributed by atoms with Crippen LogP contribution in [-0.2, 0) is 11.3 Å². The van der Waals surface area contributed by atoms with Gasteiger partial charge in [-0.15, -0.1) is 11.8 Å². The van der Waals surface area contributed by atoms with Crippen LogP contribution in [0.4, 0.5) is 0 Å². The lowest BCUT2D eigenvalue weighted by Crippen LogP contribution is -2.08. The number of thioether (sulfide) groups is 1. The molecule has 0 amide bonds. The zero-order valence-corrected chi connectivity index (χ0v) is 16.7. The summed E-state index contributed by atoms with van der Waals surface area (Å²) in [6, 6.07) is 12.9. The fourth-order valence-electron chi connectivity index (χ4n) is 2.66. The SMILES string of the molecule is COc1cccc(C(=O)OCc2cc3ccc(SC)cc3nc2Cl)c1OC.